The Hall–Kier alpha value is -0.860. The molecule has 0 N–H and O–H groups in total. The summed E-state index contributed by atoms with van der Waals surface area (Å²) in [6.45, 7) is 0.574. The van der Waals surface area contributed by atoms with Crippen LogP contribution in [0.15, 0.2) is 12.1 Å². The van der Waals surface area contributed by atoms with Gasteiger partial charge in [-0.2, -0.15) is 0 Å². The number of hydrogen-bond acceptors (Lipinski definition) is 2. The Morgan fingerprint density at radius 1 is 1.16 bits per heavy atom. The molecule has 1 aromatic carbocycles. The molecule has 1 fully saturated rings. The van der Waals surface area contributed by atoms with Gasteiger partial charge in [-0.05, 0) is 42.0 Å². The Morgan fingerprint density at radius 3 is 2.74 bits per heavy atom. The van der Waals surface area contributed by atoms with Gasteiger partial charge in [0.05, 0.1) is 12.7 Å². The molecular formula is C16H19ClO2. The second kappa shape index (κ2) is 5.64. The van der Waals surface area contributed by atoms with E-state index in [-0.39, 0.29) is 0 Å². The van der Waals surface area contributed by atoms with Gasteiger partial charge < -0.3 is 4.74 Å². The van der Waals surface area contributed by atoms with E-state index in [0.717, 1.165) is 22.6 Å². The van der Waals surface area contributed by atoms with Crippen molar-refractivity contribution in [2.75, 3.05) is 0 Å². The van der Waals surface area contributed by atoms with Crippen molar-refractivity contribution in [2.45, 2.75) is 57.7 Å². The molecule has 0 amide bonds. The van der Waals surface area contributed by atoms with Gasteiger partial charge in [0.25, 0.3) is 0 Å². The van der Waals surface area contributed by atoms with E-state index in [4.69, 9.17) is 16.3 Å². The third-order valence-electron chi connectivity index (χ3n) is 4.21. The van der Waals surface area contributed by atoms with Gasteiger partial charge >= 0.3 is 0 Å². The summed E-state index contributed by atoms with van der Waals surface area (Å²) in [6.07, 6.45) is 7.33. The number of benzene rings is 1. The van der Waals surface area contributed by atoms with Gasteiger partial charge in [0, 0.05) is 17.9 Å². The Kier molecular flexibility index (Phi) is 3.90. The lowest BCUT2D eigenvalue weighted by atomic mass is 9.89. The maximum atomic E-state index is 11.5. The summed E-state index contributed by atoms with van der Waals surface area (Å²) in [5.74, 6) is 0.331. The average molecular weight is 279 g/mol. The first kappa shape index (κ1) is 13.1. The standard InChI is InChI=1S/C16H19ClO2/c17-16-9-11-5-6-14(18)8-12(11)7-13(16)10-19-15-3-1-2-4-15/h7,9,15H,1-6,8,10H2. The fourth-order valence-electron chi connectivity index (χ4n) is 3.06. The van der Waals surface area contributed by atoms with E-state index in [1.165, 1.54) is 31.2 Å². The first-order chi connectivity index (χ1) is 9.22. The topological polar surface area (TPSA) is 26.3 Å². The van der Waals surface area contributed by atoms with E-state index in [1.807, 2.05) is 6.07 Å². The van der Waals surface area contributed by atoms with Crippen LogP contribution in [0.4, 0.5) is 0 Å². The van der Waals surface area contributed by atoms with Crippen molar-refractivity contribution in [1.29, 1.82) is 0 Å². The van der Waals surface area contributed by atoms with Crippen LogP contribution in [0.1, 0.15) is 48.8 Å². The summed E-state index contributed by atoms with van der Waals surface area (Å²) in [5.41, 5.74) is 3.40. The molecule has 2 nitrogen and oxygen atoms in total. The lowest BCUT2D eigenvalue weighted by molar-refractivity contribution is -0.118. The highest BCUT2D eigenvalue weighted by atomic mass is 35.5. The van der Waals surface area contributed by atoms with Gasteiger partial charge in [-0.15, -0.1) is 0 Å². The predicted octanol–water partition coefficient (Wildman–Crippen LogP) is 3.86. The van der Waals surface area contributed by atoms with Crippen LogP contribution in [0.25, 0.3) is 0 Å². The van der Waals surface area contributed by atoms with Crippen molar-refractivity contribution in [2.24, 2.45) is 0 Å². The van der Waals surface area contributed by atoms with E-state index in [9.17, 15) is 4.79 Å². The fourth-order valence-corrected chi connectivity index (χ4v) is 3.30. The van der Waals surface area contributed by atoms with Crippen molar-refractivity contribution < 1.29 is 9.53 Å². The van der Waals surface area contributed by atoms with Crippen LogP contribution in [0.3, 0.4) is 0 Å². The third-order valence-corrected chi connectivity index (χ3v) is 4.56. The van der Waals surface area contributed by atoms with Crippen LogP contribution >= 0.6 is 11.6 Å². The molecule has 19 heavy (non-hydrogen) atoms. The highest BCUT2D eigenvalue weighted by Crippen LogP contribution is 2.28. The van der Waals surface area contributed by atoms with E-state index < -0.39 is 0 Å². The van der Waals surface area contributed by atoms with Gasteiger partial charge in [0.1, 0.15) is 5.78 Å². The largest absolute Gasteiger partial charge is 0.373 e. The summed E-state index contributed by atoms with van der Waals surface area (Å²) in [7, 11) is 0. The summed E-state index contributed by atoms with van der Waals surface area (Å²) >= 11 is 6.32. The molecule has 0 bridgehead atoms. The number of Topliss-reactive ketones (excluding diaryl/α,β-unsaturated/α-hetero) is 1. The SMILES string of the molecule is O=C1CCc2cc(Cl)c(COC3CCCC3)cc2C1. The van der Waals surface area contributed by atoms with Crippen LogP contribution in [0.2, 0.25) is 5.02 Å². The molecule has 0 aliphatic heterocycles. The molecule has 1 saturated carbocycles. The number of carbonyl (C=O) groups excluding carboxylic acids is 1. The maximum Gasteiger partial charge on any atom is 0.137 e. The van der Waals surface area contributed by atoms with E-state index in [1.54, 1.807) is 0 Å². The molecule has 2 aliphatic rings. The van der Waals surface area contributed by atoms with E-state index in [2.05, 4.69) is 6.07 Å². The number of hydrogen-bond donors (Lipinski definition) is 0. The number of rotatable bonds is 3. The van der Waals surface area contributed by atoms with Crippen molar-refractivity contribution in [3.05, 3.63) is 33.8 Å². The Morgan fingerprint density at radius 2 is 1.95 bits per heavy atom. The van der Waals surface area contributed by atoms with Gasteiger partial charge in [-0.1, -0.05) is 30.5 Å². The number of ketones is 1. The number of ether oxygens (including phenoxy) is 1. The van der Waals surface area contributed by atoms with Crippen LogP contribution in [-0.4, -0.2) is 11.9 Å². The van der Waals surface area contributed by atoms with Crippen LogP contribution in [0, 0.1) is 0 Å². The molecule has 0 unspecified atom stereocenters. The average Bonchev–Trinajstić information content (AvgIpc) is 2.90. The zero-order chi connectivity index (χ0) is 13.2. The lowest BCUT2D eigenvalue weighted by Gasteiger charge is -2.18. The quantitative estimate of drug-likeness (QED) is 0.839. The lowest BCUT2D eigenvalue weighted by Crippen LogP contribution is -2.14. The second-order valence-electron chi connectivity index (χ2n) is 5.65. The minimum Gasteiger partial charge on any atom is -0.373 e. The Balaban J connectivity index is 1.73. The normalized spacial score (nSPS) is 19.7. The third kappa shape index (κ3) is 3.01. The zero-order valence-corrected chi connectivity index (χ0v) is 11.8. The zero-order valence-electron chi connectivity index (χ0n) is 11.1. The minimum absolute atomic E-state index is 0.331. The maximum absolute atomic E-state index is 11.5. The minimum atomic E-state index is 0.331. The number of carbonyl (C=O) groups is 1. The molecule has 102 valence electrons. The molecule has 0 spiro atoms. The van der Waals surface area contributed by atoms with Crippen LogP contribution in [0.5, 0.6) is 0 Å². The number of fused-ring (bicyclic) bond motifs is 1. The van der Waals surface area contributed by atoms with Crippen LogP contribution < -0.4 is 0 Å². The molecule has 3 rings (SSSR count). The van der Waals surface area contributed by atoms with Gasteiger partial charge in [-0.25, -0.2) is 0 Å². The summed E-state index contributed by atoms with van der Waals surface area (Å²) < 4.78 is 5.92. The van der Waals surface area contributed by atoms with Gasteiger partial charge in [0.2, 0.25) is 0 Å². The molecule has 1 aromatic rings. The summed E-state index contributed by atoms with van der Waals surface area (Å²) in [4.78, 5) is 11.5. The van der Waals surface area contributed by atoms with Crippen molar-refractivity contribution in [3.8, 4) is 0 Å². The predicted molar refractivity (Wildman–Crippen MR) is 75.5 cm³/mol. The molecule has 2 aliphatic carbocycles. The summed E-state index contributed by atoms with van der Waals surface area (Å²) in [6, 6.07) is 4.10. The van der Waals surface area contributed by atoms with E-state index >= 15 is 0 Å². The molecule has 0 saturated heterocycles. The molecule has 3 heteroatoms. The van der Waals surface area contributed by atoms with Crippen molar-refractivity contribution in [3.63, 3.8) is 0 Å². The first-order valence-corrected chi connectivity index (χ1v) is 7.53. The fraction of sp³-hybridized carbons (Fsp3) is 0.562. The Labute approximate surface area is 119 Å². The van der Waals surface area contributed by atoms with E-state index in [0.29, 0.717) is 31.3 Å². The number of aryl methyl sites for hydroxylation is 1. The van der Waals surface area contributed by atoms with Crippen molar-refractivity contribution >= 4 is 17.4 Å². The highest BCUT2D eigenvalue weighted by molar-refractivity contribution is 6.31. The first-order valence-electron chi connectivity index (χ1n) is 7.16. The molecular weight excluding hydrogens is 260 g/mol. The van der Waals surface area contributed by atoms with Crippen LogP contribution in [-0.2, 0) is 29.0 Å². The summed E-state index contributed by atoms with van der Waals surface area (Å²) in [5, 5.41) is 0.783. The Bertz CT molecular complexity index is 490. The smallest absolute Gasteiger partial charge is 0.137 e. The molecule has 0 aromatic heterocycles. The van der Waals surface area contributed by atoms with Gasteiger partial charge in [-0.3, -0.25) is 4.79 Å². The molecule has 0 atom stereocenters. The van der Waals surface area contributed by atoms with Gasteiger partial charge in [0.15, 0.2) is 0 Å². The van der Waals surface area contributed by atoms with Crippen molar-refractivity contribution in [1.82, 2.24) is 0 Å². The number of halogens is 1. The second-order valence-corrected chi connectivity index (χ2v) is 6.05. The molecule has 0 radical (unpaired) electrons. The monoisotopic (exact) mass is 278 g/mol. The highest BCUT2D eigenvalue weighted by Gasteiger charge is 2.19. The molecule has 0 heterocycles.